The van der Waals surface area contributed by atoms with Crippen LogP contribution in [0.3, 0.4) is 0 Å². The fourth-order valence-corrected chi connectivity index (χ4v) is 5.02. The highest BCUT2D eigenvalue weighted by Gasteiger charge is 2.28. The van der Waals surface area contributed by atoms with Crippen molar-refractivity contribution in [2.24, 2.45) is 0 Å². The van der Waals surface area contributed by atoms with Gasteiger partial charge in [0.25, 0.3) is 5.91 Å². The van der Waals surface area contributed by atoms with Gasteiger partial charge in [0, 0.05) is 60.7 Å². The number of likely N-dealkylation sites (tertiary alicyclic amines) is 1. The van der Waals surface area contributed by atoms with Crippen molar-refractivity contribution in [3.8, 4) is 0 Å². The number of aromatic amines is 1. The molecular weight excluding hydrogens is 346 g/mol. The highest BCUT2D eigenvalue weighted by atomic mass is 32.2. The number of hydrogen-bond acceptors (Lipinski definition) is 4. The number of aromatic nitrogens is 1. The number of thioether (sulfide) groups is 1. The number of hydrogen-bond donors (Lipinski definition) is 1. The maximum absolute atomic E-state index is 13.1. The Morgan fingerprint density at radius 3 is 2.58 bits per heavy atom. The average molecular weight is 372 g/mol. The monoisotopic (exact) mass is 371 g/mol. The zero-order chi connectivity index (χ0) is 18.1. The van der Waals surface area contributed by atoms with Gasteiger partial charge in [-0.2, -0.15) is 11.8 Å². The largest absolute Gasteiger partial charge is 0.339 e. The van der Waals surface area contributed by atoms with E-state index < -0.39 is 0 Å². The predicted octanol–water partition coefficient (Wildman–Crippen LogP) is 2.49. The standard InChI is InChI=1S/C20H25N3O2S/c1-14-2-3-18-16(12-14)17(13-19(24)21-18)20(25)23-6-4-15(5-7-23)22-8-10-26-11-9-22/h2-3,12-13,15H,4-11H2,1H3,(H,21,24). The molecule has 0 bridgehead atoms. The molecule has 2 fully saturated rings. The number of rotatable bonds is 2. The summed E-state index contributed by atoms with van der Waals surface area (Å²) < 4.78 is 0. The molecule has 1 aromatic carbocycles. The topological polar surface area (TPSA) is 56.4 Å². The van der Waals surface area contributed by atoms with Crippen LogP contribution in [0.1, 0.15) is 28.8 Å². The maximum Gasteiger partial charge on any atom is 0.254 e. The molecule has 0 unspecified atom stereocenters. The number of H-pyrrole nitrogens is 1. The molecule has 5 nitrogen and oxygen atoms in total. The van der Waals surface area contributed by atoms with Crippen molar-refractivity contribution in [1.29, 1.82) is 0 Å². The molecule has 2 aromatic rings. The van der Waals surface area contributed by atoms with E-state index in [2.05, 4.69) is 9.88 Å². The van der Waals surface area contributed by atoms with E-state index in [0.717, 1.165) is 42.4 Å². The molecule has 0 radical (unpaired) electrons. The van der Waals surface area contributed by atoms with Gasteiger partial charge in [0.05, 0.1) is 5.56 Å². The first-order chi connectivity index (χ1) is 12.6. The Hall–Kier alpha value is -1.79. The van der Waals surface area contributed by atoms with E-state index in [-0.39, 0.29) is 11.5 Å². The molecule has 1 N–H and O–H groups in total. The van der Waals surface area contributed by atoms with Crippen LogP contribution in [-0.4, -0.2) is 64.4 Å². The molecule has 138 valence electrons. The summed E-state index contributed by atoms with van der Waals surface area (Å²) in [7, 11) is 0. The second-order valence-electron chi connectivity index (χ2n) is 7.27. The van der Waals surface area contributed by atoms with Gasteiger partial charge in [-0.05, 0) is 31.9 Å². The van der Waals surface area contributed by atoms with Crippen LogP contribution in [0.2, 0.25) is 0 Å². The van der Waals surface area contributed by atoms with Crippen LogP contribution in [0.15, 0.2) is 29.1 Å². The molecule has 0 spiro atoms. The lowest BCUT2D eigenvalue weighted by molar-refractivity contribution is 0.0632. The molecular formula is C20H25N3O2S. The van der Waals surface area contributed by atoms with Crippen molar-refractivity contribution in [3.63, 3.8) is 0 Å². The van der Waals surface area contributed by atoms with Gasteiger partial charge in [0.2, 0.25) is 5.56 Å². The van der Waals surface area contributed by atoms with Crippen LogP contribution in [0, 0.1) is 6.92 Å². The molecule has 1 amide bonds. The van der Waals surface area contributed by atoms with Gasteiger partial charge in [-0.15, -0.1) is 0 Å². The zero-order valence-electron chi connectivity index (χ0n) is 15.2. The predicted molar refractivity (Wildman–Crippen MR) is 107 cm³/mol. The Morgan fingerprint density at radius 2 is 1.85 bits per heavy atom. The molecule has 2 aliphatic heterocycles. The molecule has 26 heavy (non-hydrogen) atoms. The van der Waals surface area contributed by atoms with E-state index in [1.807, 2.05) is 41.8 Å². The minimum atomic E-state index is -0.217. The molecule has 2 aliphatic rings. The summed E-state index contributed by atoms with van der Waals surface area (Å²) >= 11 is 2.03. The van der Waals surface area contributed by atoms with Crippen molar-refractivity contribution >= 4 is 28.6 Å². The number of pyridine rings is 1. The van der Waals surface area contributed by atoms with E-state index >= 15 is 0 Å². The minimum absolute atomic E-state index is 0.0145. The van der Waals surface area contributed by atoms with Gasteiger partial charge < -0.3 is 9.88 Å². The summed E-state index contributed by atoms with van der Waals surface area (Å²) in [6.45, 7) is 5.88. The lowest BCUT2D eigenvalue weighted by Gasteiger charge is -2.40. The Kier molecular flexibility index (Phi) is 5.05. The smallest absolute Gasteiger partial charge is 0.254 e. The van der Waals surface area contributed by atoms with E-state index in [1.54, 1.807) is 0 Å². The van der Waals surface area contributed by atoms with Crippen molar-refractivity contribution in [2.45, 2.75) is 25.8 Å². The summed E-state index contributed by atoms with van der Waals surface area (Å²) in [6, 6.07) is 7.87. The molecule has 0 saturated carbocycles. The van der Waals surface area contributed by atoms with Gasteiger partial charge >= 0.3 is 0 Å². The summed E-state index contributed by atoms with van der Waals surface area (Å²) in [5, 5.41) is 0.838. The van der Waals surface area contributed by atoms with Crippen LogP contribution >= 0.6 is 11.8 Å². The van der Waals surface area contributed by atoms with Crippen LogP contribution in [0.5, 0.6) is 0 Å². The Bertz CT molecular complexity index is 865. The van der Waals surface area contributed by atoms with Crippen molar-refractivity contribution in [1.82, 2.24) is 14.8 Å². The number of nitrogens with one attached hydrogen (secondary N) is 1. The third-order valence-corrected chi connectivity index (χ3v) is 6.49. The fourth-order valence-electron chi connectivity index (χ4n) is 4.09. The van der Waals surface area contributed by atoms with Gasteiger partial charge in [-0.3, -0.25) is 14.5 Å². The molecule has 0 atom stereocenters. The second kappa shape index (κ2) is 7.45. The SMILES string of the molecule is Cc1ccc2[nH]c(=O)cc(C(=O)N3CCC(N4CCSCC4)CC3)c2c1. The second-order valence-corrected chi connectivity index (χ2v) is 8.49. The lowest BCUT2D eigenvalue weighted by atomic mass is 10.0. The first kappa shape index (κ1) is 17.6. The number of amides is 1. The van der Waals surface area contributed by atoms with Crippen LogP contribution in [0.25, 0.3) is 10.9 Å². The number of aryl methyl sites for hydroxylation is 1. The van der Waals surface area contributed by atoms with E-state index in [1.165, 1.54) is 30.7 Å². The third-order valence-electron chi connectivity index (χ3n) is 5.54. The maximum atomic E-state index is 13.1. The highest BCUT2D eigenvalue weighted by Crippen LogP contribution is 2.23. The summed E-state index contributed by atoms with van der Waals surface area (Å²) in [5.74, 6) is 2.42. The number of fused-ring (bicyclic) bond motifs is 1. The quantitative estimate of drug-likeness (QED) is 0.881. The normalized spacial score (nSPS) is 19.8. The van der Waals surface area contributed by atoms with Crippen molar-refractivity contribution in [3.05, 3.63) is 45.7 Å². The van der Waals surface area contributed by atoms with Gasteiger partial charge in [-0.1, -0.05) is 11.6 Å². The molecule has 4 rings (SSSR count). The summed E-state index contributed by atoms with van der Waals surface area (Å²) in [6.07, 6.45) is 2.05. The van der Waals surface area contributed by atoms with Crippen LogP contribution in [0.4, 0.5) is 0 Å². The average Bonchev–Trinajstić information content (AvgIpc) is 2.68. The number of piperidine rings is 1. The Balaban J connectivity index is 1.53. The molecule has 6 heteroatoms. The van der Waals surface area contributed by atoms with E-state index in [0.29, 0.717) is 11.6 Å². The van der Waals surface area contributed by atoms with E-state index in [9.17, 15) is 9.59 Å². The zero-order valence-corrected chi connectivity index (χ0v) is 16.0. The summed E-state index contributed by atoms with van der Waals surface area (Å²) in [5.41, 5.74) is 2.12. The molecule has 2 saturated heterocycles. The Labute approximate surface area is 157 Å². The lowest BCUT2D eigenvalue weighted by Crippen LogP contribution is -2.49. The van der Waals surface area contributed by atoms with Crippen LogP contribution in [-0.2, 0) is 0 Å². The number of carbonyl (C=O) groups excluding carboxylic acids is 1. The summed E-state index contributed by atoms with van der Waals surface area (Å²) in [4.78, 5) is 32.5. The van der Waals surface area contributed by atoms with Gasteiger partial charge in [0.1, 0.15) is 0 Å². The van der Waals surface area contributed by atoms with Crippen molar-refractivity contribution in [2.75, 3.05) is 37.7 Å². The first-order valence-electron chi connectivity index (χ1n) is 9.36. The van der Waals surface area contributed by atoms with Crippen molar-refractivity contribution < 1.29 is 4.79 Å². The van der Waals surface area contributed by atoms with Gasteiger partial charge in [-0.25, -0.2) is 0 Å². The Morgan fingerprint density at radius 1 is 1.12 bits per heavy atom. The van der Waals surface area contributed by atoms with E-state index in [4.69, 9.17) is 0 Å². The highest BCUT2D eigenvalue weighted by molar-refractivity contribution is 7.99. The molecule has 3 heterocycles. The van der Waals surface area contributed by atoms with Crippen LogP contribution < -0.4 is 5.56 Å². The fraction of sp³-hybridized carbons (Fsp3) is 0.500. The third kappa shape index (κ3) is 3.53. The minimum Gasteiger partial charge on any atom is -0.339 e. The first-order valence-corrected chi connectivity index (χ1v) is 10.5. The molecule has 1 aromatic heterocycles. The number of nitrogens with zero attached hydrogens (tertiary/aromatic N) is 2. The number of benzene rings is 1. The number of carbonyl (C=O) groups is 1. The van der Waals surface area contributed by atoms with Gasteiger partial charge in [0.15, 0.2) is 0 Å². The molecule has 0 aliphatic carbocycles.